The van der Waals surface area contributed by atoms with Gasteiger partial charge in [0.2, 0.25) is 0 Å². The van der Waals surface area contributed by atoms with Crippen molar-refractivity contribution in [2.24, 2.45) is 11.3 Å². The van der Waals surface area contributed by atoms with Crippen LogP contribution in [0.2, 0.25) is 0 Å². The molecule has 0 N–H and O–H groups in total. The first-order valence-corrected chi connectivity index (χ1v) is 9.35. The topological polar surface area (TPSA) is 9.23 Å². The van der Waals surface area contributed by atoms with Gasteiger partial charge in [-0.05, 0) is 49.6 Å². The minimum Gasteiger partial charge on any atom is -0.486 e. The zero-order valence-corrected chi connectivity index (χ0v) is 16.5. The maximum atomic E-state index is 6.56. The van der Waals surface area contributed by atoms with Gasteiger partial charge in [0.25, 0.3) is 0 Å². The number of hydrogen-bond acceptors (Lipinski definition) is 1. The van der Waals surface area contributed by atoms with Gasteiger partial charge in [-0.1, -0.05) is 68.5 Å². The Labute approximate surface area is 155 Å². The van der Waals surface area contributed by atoms with Gasteiger partial charge in [-0.3, -0.25) is 0 Å². The van der Waals surface area contributed by atoms with Crippen LogP contribution in [0.1, 0.15) is 19.4 Å². The maximum Gasteiger partial charge on any atom is 0.126 e. The Balaban J connectivity index is 1.96. The molecule has 1 saturated carbocycles. The Kier molecular flexibility index (Phi) is 4.70. The van der Waals surface area contributed by atoms with Crippen molar-refractivity contribution < 1.29 is 4.74 Å². The molecule has 1 aliphatic rings. The summed E-state index contributed by atoms with van der Waals surface area (Å²) in [6, 6.07) is 20.7. The summed E-state index contributed by atoms with van der Waals surface area (Å²) in [6.45, 7) is 4.56. The third-order valence-electron chi connectivity index (χ3n) is 4.93. The van der Waals surface area contributed by atoms with Crippen LogP contribution in [0, 0.1) is 11.3 Å². The zero-order chi connectivity index (χ0) is 16.5. The smallest absolute Gasteiger partial charge is 0.126 e. The van der Waals surface area contributed by atoms with Crippen LogP contribution < -0.4 is 4.74 Å². The van der Waals surface area contributed by atoms with Gasteiger partial charge in [0.05, 0.1) is 3.39 Å². The molecule has 0 spiro atoms. The zero-order valence-electron chi connectivity index (χ0n) is 13.3. The molecule has 0 saturated heterocycles. The lowest BCUT2D eigenvalue weighted by Crippen LogP contribution is -2.28. The van der Waals surface area contributed by atoms with Crippen LogP contribution in [-0.4, -0.2) is 5.60 Å². The second kappa shape index (κ2) is 6.45. The molecule has 3 heteroatoms. The van der Waals surface area contributed by atoms with E-state index in [0.29, 0.717) is 5.92 Å². The number of rotatable bonds is 5. The first kappa shape index (κ1) is 16.8. The molecule has 3 rings (SSSR count). The highest BCUT2D eigenvalue weighted by molar-refractivity contribution is 9.28. The predicted molar refractivity (Wildman–Crippen MR) is 103 cm³/mol. The van der Waals surface area contributed by atoms with Gasteiger partial charge in [-0.25, -0.2) is 0 Å². The van der Waals surface area contributed by atoms with E-state index in [9.17, 15) is 0 Å². The summed E-state index contributed by atoms with van der Waals surface area (Å²) in [4.78, 5) is 0. The molecule has 120 valence electrons. The lowest BCUT2D eigenvalue weighted by Gasteiger charge is -2.23. The number of halogens is 2. The Morgan fingerprint density at radius 1 is 1.00 bits per heavy atom. The lowest BCUT2D eigenvalue weighted by atomic mass is 9.99. The minimum absolute atomic E-state index is 0.0610. The van der Waals surface area contributed by atoms with Crippen molar-refractivity contribution in [1.82, 2.24) is 0 Å². The second-order valence-corrected chi connectivity index (χ2v) is 9.40. The van der Waals surface area contributed by atoms with E-state index in [0.717, 1.165) is 15.6 Å². The highest BCUT2D eigenvalue weighted by Crippen LogP contribution is 2.66. The summed E-state index contributed by atoms with van der Waals surface area (Å²) in [5.41, 5.74) is 1.13. The van der Waals surface area contributed by atoms with E-state index in [1.807, 2.05) is 30.3 Å². The Morgan fingerprint density at radius 3 is 2.13 bits per heavy atom. The van der Waals surface area contributed by atoms with Gasteiger partial charge >= 0.3 is 0 Å². The molecule has 23 heavy (non-hydrogen) atoms. The fourth-order valence-corrected chi connectivity index (χ4v) is 4.02. The maximum absolute atomic E-state index is 6.56. The first-order chi connectivity index (χ1) is 11.0. The van der Waals surface area contributed by atoms with Crippen molar-refractivity contribution in [3.8, 4) is 5.75 Å². The van der Waals surface area contributed by atoms with Gasteiger partial charge in [0.1, 0.15) is 11.4 Å². The van der Waals surface area contributed by atoms with Crippen LogP contribution in [0.4, 0.5) is 0 Å². The predicted octanol–water partition coefficient (Wildman–Crippen LogP) is 6.33. The summed E-state index contributed by atoms with van der Waals surface area (Å²) < 4.78 is 7.54. The number of para-hydroxylation sites is 1. The molecule has 0 unspecified atom stereocenters. The van der Waals surface area contributed by atoms with Crippen molar-refractivity contribution in [3.05, 3.63) is 75.7 Å². The molecule has 1 fully saturated rings. The molecule has 1 nitrogen and oxygen atoms in total. The quantitative estimate of drug-likeness (QED) is 0.532. The van der Waals surface area contributed by atoms with E-state index in [-0.39, 0.29) is 11.0 Å². The van der Waals surface area contributed by atoms with E-state index in [1.165, 1.54) is 5.56 Å². The lowest BCUT2D eigenvalue weighted by molar-refractivity contribution is 0.132. The van der Waals surface area contributed by atoms with E-state index in [2.05, 4.69) is 82.1 Å². The molecule has 0 aromatic heterocycles. The molecule has 0 amide bonds. The number of hydrogen-bond donors (Lipinski definition) is 0. The monoisotopic (exact) mass is 434 g/mol. The average molecular weight is 436 g/mol. The number of ether oxygens (including phenoxy) is 1. The van der Waals surface area contributed by atoms with E-state index in [1.54, 1.807) is 0 Å². The van der Waals surface area contributed by atoms with Gasteiger partial charge < -0.3 is 4.74 Å². The normalized spacial score (nSPS) is 24.8. The third-order valence-corrected chi connectivity index (χ3v) is 5.46. The van der Waals surface area contributed by atoms with E-state index < -0.39 is 0 Å². The SMILES string of the molecule is CC1(C)[C@@H](C=C(Br)Br)[C@@]1(Cc1ccccc1)Oc1ccccc1. The molecule has 0 radical (unpaired) electrons. The highest BCUT2D eigenvalue weighted by atomic mass is 79.9. The summed E-state index contributed by atoms with van der Waals surface area (Å²) in [5.74, 6) is 1.27. The first-order valence-electron chi connectivity index (χ1n) is 7.76. The molecule has 0 heterocycles. The molecule has 0 bridgehead atoms. The summed E-state index contributed by atoms with van der Waals surface area (Å²) in [5, 5.41) is 0. The summed E-state index contributed by atoms with van der Waals surface area (Å²) >= 11 is 7.02. The van der Waals surface area contributed by atoms with Crippen molar-refractivity contribution in [2.45, 2.75) is 25.9 Å². The van der Waals surface area contributed by atoms with Crippen molar-refractivity contribution in [3.63, 3.8) is 0 Å². The summed E-state index contributed by atoms with van der Waals surface area (Å²) in [6.07, 6.45) is 3.11. The molecule has 2 aromatic rings. The fraction of sp³-hybridized carbons (Fsp3) is 0.300. The number of benzene rings is 2. The van der Waals surface area contributed by atoms with Gasteiger partial charge in [-0.2, -0.15) is 0 Å². The van der Waals surface area contributed by atoms with Crippen molar-refractivity contribution in [2.75, 3.05) is 0 Å². The molecule has 1 aliphatic carbocycles. The fourth-order valence-electron chi connectivity index (χ4n) is 3.49. The molecule has 0 aliphatic heterocycles. The minimum atomic E-state index is -0.234. The molecular formula is C20H20Br2O. The van der Waals surface area contributed by atoms with Crippen LogP contribution in [-0.2, 0) is 6.42 Å². The van der Waals surface area contributed by atoms with Crippen molar-refractivity contribution >= 4 is 31.9 Å². The van der Waals surface area contributed by atoms with Crippen LogP contribution in [0.15, 0.2) is 70.1 Å². The average Bonchev–Trinajstić information content (AvgIpc) is 2.95. The molecule has 2 aromatic carbocycles. The molecule has 2 atom stereocenters. The molecular weight excluding hydrogens is 416 g/mol. The van der Waals surface area contributed by atoms with Crippen LogP contribution in [0.25, 0.3) is 0 Å². The van der Waals surface area contributed by atoms with Crippen molar-refractivity contribution in [1.29, 1.82) is 0 Å². The van der Waals surface area contributed by atoms with Crippen LogP contribution in [0.5, 0.6) is 5.75 Å². The Bertz CT molecular complexity index is 647. The highest BCUT2D eigenvalue weighted by Gasteiger charge is 2.72. The van der Waals surface area contributed by atoms with Gasteiger partial charge in [0.15, 0.2) is 0 Å². The van der Waals surface area contributed by atoms with Crippen LogP contribution >= 0.6 is 31.9 Å². The van der Waals surface area contributed by atoms with E-state index in [4.69, 9.17) is 4.74 Å². The van der Waals surface area contributed by atoms with Gasteiger partial charge in [-0.15, -0.1) is 0 Å². The van der Waals surface area contributed by atoms with E-state index >= 15 is 0 Å². The third kappa shape index (κ3) is 3.27. The Morgan fingerprint density at radius 2 is 1.57 bits per heavy atom. The van der Waals surface area contributed by atoms with Gasteiger partial charge in [0, 0.05) is 17.8 Å². The second-order valence-electron chi connectivity index (χ2n) is 6.62. The van der Waals surface area contributed by atoms with Crippen LogP contribution in [0.3, 0.4) is 0 Å². The largest absolute Gasteiger partial charge is 0.486 e. The Hall–Kier alpha value is -1.06. The summed E-state index contributed by atoms with van der Waals surface area (Å²) in [7, 11) is 0. The standard InChI is InChI=1S/C20H20Br2O/c1-19(2)17(13-18(21)22)20(19,14-15-9-5-3-6-10-15)23-16-11-7-4-8-12-16/h3-13,17H,14H2,1-2H3/t17-,20-/m1/s1.